The second kappa shape index (κ2) is 6.02. The van der Waals surface area contributed by atoms with Crippen LogP contribution in [0.5, 0.6) is 0 Å². The Bertz CT molecular complexity index is 604. The van der Waals surface area contributed by atoms with Crippen molar-refractivity contribution in [2.24, 2.45) is 5.41 Å². The first-order valence-electron chi connectivity index (χ1n) is 7.19. The number of hydrogen-bond donors (Lipinski definition) is 1. The minimum Gasteiger partial charge on any atom is -0.316 e. The van der Waals surface area contributed by atoms with E-state index in [4.69, 9.17) is 0 Å². The quantitative estimate of drug-likeness (QED) is 0.928. The minimum atomic E-state index is -3.75. The third-order valence-corrected chi connectivity index (χ3v) is 5.98. The summed E-state index contributed by atoms with van der Waals surface area (Å²) in [6.45, 7) is 5.67. The van der Waals surface area contributed by atoms with Gasteiger partial charge in [0.25, 0.3) is 0 Å². The Hall–Kier alpha value is -0.980. The molecule has 0 amide bonds. The van der Waals surface area contributed by atoms with E-state index in [0.29, 0.717) is 19.6 Å². The van der Waals surface area contributed by atoms with E-state index in [0.717, 1.165) is 18.4 Å². The van der Waals surface area contributed by atoms with Crippen LogP contribution in [0.4, 0.5) is 4.39 Å². The first-order chi connectivity index (χ1) is 9.76. The van der Waals surface area contributed by atoms with Gasteiger partial charge in [0.1, 0.15) is 10.7 Å². The number of rotatable bonds is 4. The molecule has 21 heavy (non-hydrogen) atoms. The van der Waals surface area contributed by atoms with Crippen molar-refractivity contribution in [2.45, 2.75) is 38.1 Å². The Labute approximate surface area is 126 Å². The summed E-state index contributed by atoms with van der Waals surface area (Å²) >= 11 is 0. The third kappa shape index (κ3) is 3.62. The Kier molecular flexibility index (Phi) is 4.70. The van der Waals surface area contributed by atoms with Crippen molar-refractivity contribution < 1.29 is 12.8 Å². The lowest BCUT2D eigenvalue weighted by molar-refractivity contribution is 0.195. The maximum atomic E-state index is 14.0. The second-order valence-corrected chi connectivity index (χ2v) is 8.27. The van der Waals surface area contributed by atoms with Crippen molar-refractivity contribution >= 4 is 10.0 Å². The predicted octanol–water partition coefficient (Wildman–Crippen LogP) is 2.36. The molecule has 0 unspecified atom stereocenters. The van der Waals surface area contributed by atoms with E-state index in [9.17, 15) is 12.8 Å². The highest BCUT2D eigenvalue weighted by molar-refractivity contribution is 7.89. The Morgan fingerprint density at radius 2 is 1.90 bits per heavy atom. The lowest BCUT2D eigenvalue weighted by Crippen LogP contribution is -2.41. The molecule has 1 N–H and O–H groups in total. The smallest absolute Gasteiger partial charge is 0.245 e. The lowest BCUT2D eigenvalue weighted by atomic mass is 9.83. The molecule has 1 aliphatic rings. The molecule has 1 heterocycles. The molecule has 4 nitrogen and oxygen atoms in total. The minimum absolute atomic E-state index is 0.151. The van der Waals surface area contributed by atoms with Gasteiger partial charge in [-0.25, -0.2) is 12.8 Å². The fourth-order valence-electron chi connectivity index (χ4n) is 2.53. The molecule has 0 spiro atoms. The van der Waals surface area contributed by atoms with E-state index >= 15 is 0 Å². The number of sulfonamides is 1. The van der Waals surface area contributed by atoms with E-state index in [1.807, 2.05) is 0 Å². The summed E-state index contributed by atoms with van der Waals surface area (Å²) in [4.78, 5) is -0.213. The highest BCUT2D eigenvalue weighted by Gasteiger charge is 2.34. The van der Waals surface area contributed by atoms with Crippen LogP contribution in [0.15, 0.2) is 23.1 Å². The van der Waals surface area contributed by atoms with Crippen molar-refractivity contribution in [2.75, 3.05) is 20.1 Å². The number of nitrogens with one attached hydrogen (secondary N) is 1. The number of hydrogen-bond acceptors (Lipinski definition) is 3. The van der Waals surface area contributed by atoms with Crippen LogP contribution < -0.4 is 5.32 Å². The van der Waals surface area contributed by atoms with E-state index in [1.54, 1.807) is 13.1 Å². The van der Waals surface area contributed by atoms with E-state index in [1.165, 1.54) is 16.4 Å². The predicted molar refractivity (Wildman–Crippen MR) is 80.9 cm³/mol. The maximum absolute atomic E-state index is 14.0. The van der Waals surface area contributed by atoms with Crippen LogP contribution in [0.25, 0.3) is 0 Å². The van der Waals surface area contributed by atoms with Gasteiger partial charge in [0.15, 0.2) is 0 Å². The molecule has 0 aromatic heterocycles. The number of benzene rings is 1. The molecule has 1 saturated heterocycles. The van der Waals surface area contributed by atoms with Gasteiger partial charge in [0.2, 0.25) is 10.0 Å². The van der Waals surface area contributed by atoms with Gasteiger partial charge in [0, 0.05) is 19.6 Å². The molecule has 0 saturated carbocycles. The van der Waals surface area contributed by atoms with Crippen molar-refractivity contribution in [1.82, 2.24) is 9.62 Å². The zero-order valence-corrected chi connectivity index (χ0v) is 13.6. The van der Waals surface area contributed by atoms with Gasteiger partial charge in [-0.1, -0.05) is 19.9 Å². The van der Waals surface area contributed by atoms with Gasteiger partial charge >= 0.3 is 0 Å². The monoisotopic (exact) mass is 314 g/mol. The van der Waals surface area contributed by atoms with Crippen LogP contribution in [0.2, 0.25) is 0 Å². The average molecular weight is 314 g/mol. The highest BCUT2D eigenvalue weighted by Crippen LogP contribution is 2.33. The summed E-state index contributed by atoms with van der Waals surface area (Å²) < 4.78 is 40.7. The standard InChI is InChI=1S/C15H23FN2O2S/c1-15(2)6-8-18(9-7-15)21(19,20)14-10-12(11-17-3)4-5-13(14)16/h4-5,10,17H,6-9,11H2,1-3H3. The summed E-state index contributed by atoms with van der Waals surface area (Å²) in [5.74, 6) is -0.681. The first kappa shape index (κ1) is 16.4. The molecular formula is C15H23FN2O2S. The van der Waals surface area contributed by atoms with Crippen LogP contribution in [-0.4, -0.2) is 32.9 Å². The number of piperidine rings is 1. The zero-order valence-electron chi connectivity index (χ0n) is 12.8. The number of nitrogens with zero attached hydrogens (tertiary/aromatic N) is 1. The molecule has 0 atom stereocenters. The Morgan fingerprint density at radius 1 is 1.29 bits per heavy atom. The van der Waals surface area contributed by atoms with Crippen LogP contribution >= 0.6 is 0 Å². The molecule has 0 bridgehead atoms. The summed E-state index contributed by atoms with van der Waals surface area (Å²) in [6, 6.07) is 4.26. The van der Waals surface area contributed by atoms with Crippen LogP contribution in [0.1, 0.15) is 32.3 Å². The van der Waals surface area contributed by atoms with Crippen molar-refractivity contribution in [1.29, 1.82) is 0 Å². The normalized spacial score (nSPS) is 19.6. The fourth-order valence-corrected chi connectivity index (χ4v) is 4.09. The summed E-state index contributed by atoms with van der Waals surface area (Å²) in [5, 5.41) is 2.94. The van der Waals surface area contributed by atoms with Crippen molar-refractivity contribution in [3.05, 3.63) is 29.6 Å². The van der Waals surface area contributed by atoms with Gasteiger partial charge in [0.05, 0.1) is 0 Å². The largest absolute Gasteiger partial charge is 0.316 e. The molecule has 118 valence electrons. The van der Waals surface area contributed by atoms with Gasteiger partial charge in [-0.05, 0) is 43.0 Å². The maximum Gasteiger partial charge on any atom is 0.245 e. The zero-order chi connectivity index (χ0) is 15.7. The second-order valence-electron chi connectivity index (χ2n) is 6.36. The molecule has 2 rings (SSSR count). The van der Waals surface area contributed by atoms with Gasteiger partial charge in [-0.2, -0.15) is 4.31 Å². The van der Waals surface area contributed by atoms with Crippen LogP contribution in [-0.2, 0) is 16.6 Å². The first-order valence-corrected chi connectivity index (χ1v) is 8.63. The fraction of sp³-hybridized carbons (Fsp3) is 0.600. The Balaban J connectivity index is 2.29. The van der Waals surface area contributed by atoms with E-state index in [2.05, 4.69) is 19.2 Å². The van der Waals surface area contributed by atoms with E-state index < -0.39 is 15.8 Å². The van der Waals surface area contributed by atoms with Gasteiger partial charge < -0.3 is 5.32 Å². The van der Waals surface area contributed by atoms with Gasteiger partial charge in [-0.15, -0.1) is 0 Å². The highest BCUT2D eigenvalue weighted by atomic mass is 32.2. The lowest BCUT2D eigenvalue weighted by Gasteiger charge is -2.36. The SMILES string of the molecule is CNCc1ccc(F)c(S(=O)(=O)N2CCC(C)(C)CC2)c1. The van der Waals surface area contributed by atoms with Crippen LogP contribution in [0, 0.1) is 11.2 Å². The molecular weight excluding hydrogens is 291 g/mol. The molecule has 1 aromatic carbocycles. The Morgan fingerprint density at radius 3 is 2.48 bits per heavy atom. The van der Waals surface area contributed by atoms with E-state index in [-0.39, 0.29) is 10.3 Å². The molecule has 1 fully saturated rings. The third-order valence-electron chi connectivity index (χ3n) is 4.07. The molecule has 1 aliphatic heterocycles. The van der Waals surface area contributed by atoms with Crippen LogP contribution in [0.3, 0.4) is 0 Å². The summed E-state index contributed by atoms with van der Waals surface area (Å²) in [6.07, 6.45) is 1.59. The van der Waals surface area contributed by atoms with Crippen molar-refractivity contribution in [3.63, 3.8) is 0 Å². The van der Waals surface area contributed by atoms with Gasteiger partial charge in [-0.3, -0.25) is 0 Å². The summed E-state index contributed by atoms with van der Waals surface area (Å²) in [5.41, 5.74) is 0.910. The molecule has 0 radical (unpaired) electrons. The topological polar surface area (TPSA) is 49.4 Å². The average Bonchev–Trinajstić information content (AvgIpc) is 2.40. The molecule has 1 aromatic rings. The summed E-state index contributed by atoms with van der Waals surface area (Å²) in [7, 11) is -1.99. The number of halogens is 1. The molecule has 6 heteroatoms. The molecule has 0 aliphatic carbocycles. The van der Waals surface area contributed by atoms with Crippen molar-refractivity contribution in [3.8, 4) is 0 Å².